The number of hydrogen-bond donors (Lipinski definition) is 1. The van der Waals surface area contributed by atoms with Crippen LogP contribution in [0, 0.1) is 0 Å². The van der Waals surface area contributed by atoms with Crippen molar-refractivity contribution in [3.63, 3.8) is 0 Å². The molecule has 8 nitrogen and oxygen atoms in total. The van der Waals surface area contributed by atoms with E-state index < -0.39 is 0 Å². The average Bonchev–Trinajstić information content (AvgIpc) is 2.87. The third-order valence-electron chi connectivity index (χ3n) is 5.90. The van der Waals surface area contributed by atoms with Gasteiger partial charge in [-0.25, -0.2) is 4.98 Å². The van der Waals surface area contributed by atoms with Crippen molar-refractivity contribution in [1.82, 2.24) is 20.1 Å². The van der Waals surface area contributed by atoms with Gasteiger partial charge in [0.1, 0.15) is 12.4 Å². The number of pyridine rings is 1. The predicted molar refractivity (Wildman–Crippen MR) is 125 cm³/mol. The third-order valence-corrected chi connectivity index (χ3v) is 5.90. The second-order valence-electron chi connectivity index (χ2n) is 8.13. The maximum atomic E-state index is 11.5. The van der Waals surface area contributed by atoms with Crippen LogP contribution in [0.5, 0.6) is 11.8 Å². The molecule has 172 valence electrons. The first-order valence-electron chi connectivity index (χ1n) is 11.1. The van der Waals surface area contributed by atoms with E-state index in [-0.39, 0.29) is 5.91 Å². The topological polar surface area (TPSA) is 89.5 Å². The van der Waals surface area contributed by atoms with Crippen molar-refractivity contribution in [2.24, 2.45) is 0 Å². The van der Waals surface area contributed by atoms with Crippen molar-refractivity contribution in [2.75, 3.05) is 25.5 Å². The number of rotatable bonds is 8. The molecule has 1 fully saturated rings. The molecular formula is C25H29N5O3. The predicted octanol–water partition coefficient (Wildman–Crippen LogP) is 3.80. The lowest BCUT2D eigenvalue weighted by Crippen LogP contribution is -2.36. The molecule has 1 N–H and O–H groups in total. The molecule has 1 aliphatic heterocycles. The number of methoxy groups -OCH3 is 1. The van der Waals surface area contributed by atoms with Crippen LogP contribution in [0.25, 0.3) is 0 Å². The molecule has 1 saturated heterocycles. The maximum Gasteiger partial charge on any atom is 0.233 e. The van der Waals surface area contributed by atoms with Crippen LogP contribution in [0.15, 0.2) is 54.7 Å². The zero-order valence-electron chi connectivity index (χ0n) is 19.0. The van der Waals surface area contributed by atoms with Gasteiger partial charge in [0, 0.05) is 50.5 Å². The minimum atomic E-state index is 0.173. The first kappa shape index (κ1) is 22.5. The van der Waals surface area contributed by atoms with E-state index >= 15 is 0 Å². The van der Waals surface area contributed by atoms with E-state index in [0.29, 0.717) is 36.6 Å². The molecule has 3 aromatic rings. The summed E-state index contributed by atoms with van der Waals surface area (Å²) in [6, 6.07) is 16.0. The maximum absolute atomic E-state index is 11.5. The summed E-state index contributed by atoms with van der Waals surface area (Å²) >= 11 is 0. The molecule has 1 aliphatic rings. The zero-order valence-corrected chi connectivity index (χ0v) is 19.0. The van der Waals surface area contributed by atoms with Crippen molar-refractivity contribution < 1.29 is 14.3 Å². The number of ether oxygens (including phenoxy) is 2. The number of likely N-dealkylation sites (tertiary alicyclic amines) is 1. The monoisotopic (exact) mass is 447 g/mol. The number of amides is 1. The fraction of sp³-hybridized carbons (Fsp3) is 0.360. The van der Waals surface area contributed by atoms with E-state index in [9.17, 15) is 4.79 Å². The molecule has 0 atom stereocenters. The van der Waals surface area contributed by atoms with Crippen LogP contribution in [-0.4, -0.2) is 46.2 Å². The highest BCUT2D eigenvalue weighted by molar-refractivity contribution is 5.73. The van der Waals surface area contributed by atoms with E-state index in [1.165, 1.54) is 11.1 Å². The lowest BCUT2D eigenvalue weighted by molar-refractivity contribution is -0.129. The van der Waals surface area contributed by atoms with Gasteiger partial charge in [0.2, 0.25) is 17.7 Å². The molecule has 4 rings (SSSR count). The van der Waals surface area contributed by atoms with E-state index in [1.54, 1.807) is 32.4 Å². The Balaban J connectivity index is 1.23. The molecule has 0 saturated carbocycles. The summed E-state index contributed by atoms with van der Waals surface area (Å²) in [7, 11) is 1.58. The highest BCUT2D eigenvalue weighted by atomic mass is 16.5. The number of anilines is 1. The summed E-state index contributed by atoms with van der Waals surface area (Å²) < 4.78 is 10.7. The van der Waals surface area contributed by atoms with Crippen molar-refractivity contribution in [2.45, 2.75) is 38.8 Å². The molecule has 33 heavy (non-hydrogen) atoms. The summed E-state index contributed by atoms with van der Waals surface area (Å²) in [6.45, 7) is 4.36. The van der Waals surface area contributed by atoms with Gasteiger partial charge in [-0.1, -0.05) is 24.3 Å². The van der Waals surface area contributed by atoms with Crippen molar-refractivity contribution >= 4 is 11.7 Å². The van der Waals surface area contributed by atoms with Gasteiger partial charge in [0.15, 0.2) is 0 Å². The Bertz CT molecular complexity index is 1030. The number of nitrogens with zero attached hydrogens (tertiary/aromatic N) is 4. The first-order valence-corrected chi connectivity index (χ1v) is 11.1. The van der Waals surface area contributed by atoms with Gasteiger partial charge in [0.05, 0.1) is 7.11 Å². The van der Waals surface area contributed by atoms with Gasteiger partial charge in [0.25, 0.3) is 0 Å². The van der Waals surface area contributed by atoms with Crippen molar-refractivity contribution in [3.05, 3.63) is 71.4 Å². The number of benzene rings is 1. The number of carbonyl (C=O) groups is 1. The summed E-state index contributed by atoms with van der Waals surface area (Å²) in [5.74, 6) is 2.41. The summed E-state index contributed by atoms with van der Waals surface area (Å²) in [5.41, 5.74) is 3.44. The van der Waals surface area contributed by atoms with Crippen LogP contribution in [0.3, 0.4) is 0 Å². The summed E-state index contributed by atoms with van der Waals surface area (Å²) in [6.07, 6.45) is 3.76. The Labute approximate surface area is 194 Å². The normalized spacial score (nSPS) is 14.1. The fourth-order valence-corrected chi connectivity index (χ4v) is 3.89. The summed E-state index contributed by atoms with van der Waals surface area (Å²) in [5, 5.41) is 11.6. The average molecular weight is 448 g/mol. The largest absolute Gasteiger partial charge is 0.481 e. The van der Waals surface area contributed by atoms with Gasteiger partial charge < -0.3 is 19.7 Å². The Morgan fingerprint density at radius 3 is 2.33 bits per heavy atom. The fourth-order valence-electron chi connectivity index (χ4n) is 3.89. The van der Waals surface area contributed by atoms with E-state index in [0.717, 1.165) is 31.5 Å². The smallest absolute Gasteiger partial charge is 0.233 e. The number of carbonyl (C=O) groups excluding carboxylic acids is 1. The Hall–Kier alpha value is -3.68. The Morgan fingerprint density at radius 2 is 1.73 bits per heavy atom. The van der Waals surface area contributed by atoms with E-state index in [1.807, 2.05) is 17.0 Å². The second kappa shape index (κ2) is 10.8. The van der Waals surface area contributed by atoms with Crippen LogP contribution in [0.4, 0.5) is 5.82 Å². The molecule has 8 heteroatoms. The lowest BCUT2D eigenvalue weighted by atomic mass is 9.89. The van der Waals surface area contributed by atoms with Crippen LogP contribution >= 0.6 is 0 Å². The molecule has 0 bridgehead atoms. The number of nitrogens with one attached hydrogen (secondary N) is 1. The number of piperidine rings is 1. The Morgan fingerprint density at radius 1 is 1.00 bits per heavy atom. The van der Waals surface area contributed by atoms with Gasteiger partial charge in [-0.15, -0.1) is 10.2 Å². The minimum absolute atomic E-state index is 0.173. The lowest BCUT2D eigenvalue weighted by Gasteiger charge is -2.31. The quantitative estimate of drug-likeness (QED) is 0.562. The molecule has 0 unspecified atom stereocenters. The molecule has 1 amide bonds. The molecule has 0 spiro atoms. The molecule has 2 aromatic heterocycles. The molecular weight excluding hydrogens is 418 g/mol. The van der Waals surface area contributed by atoms with Crippen molar-refractivity contribution in [3.8, 4) is 11.8 Å². The number of hydrogen-bond acceptors (Lipinski definition) is 7. The van der Waals surface area contributed by atoms with Gasteiger partial charge in [-0.05, 0) is 42.0 Å². The number of aromatic nitrogens is 3. The molecule has 3 heterocycles. The van der Waals surface area contributed by atoms with Crippen LogP contribution < -0.4 is 14.8 Å². The highest BCUT2D eigenvalue weighted by Crippen LogP contribution is 2.28. The standard InChI is InChI=1S/C25H29N5O3/c1-18(31)30-13-11-22(12-14-30)21-6-3-19(4-7-21)15-26-23-8-10-25(29-28-23)33-17-20-5-9-24(32-2)27-16-20/h3-10,16,22H,11-15,17H2,1-2H3,(H,26,28). The second-order valence-corrected chi connectivity index (χ2v) is 8.13. The molecule has 0 aliphatic carbocycles. The van der Waals surface area contributed by atoms with Gasteiger partial charge in [-0.3, -0.25) is 4.79 Å². The van der Waals surface area contributed by atoms with Crippen LogP contribution in [-0.2, 0) is 17.9 Å². The SMILES string of the molecule is COc1ccc(COc2ccc(NCc3ccc(C4CCN(C(C)=O)CC4)cc3)nn2)cn1. The highest BCUT2D eigenvalue weighted by Gasteiger charge is 2.21. The summed E-state index contributed by atoms with van der Waals surface area (Å²) in [4.78, 5) is 17.6. The van der Waals surface area contributed by atoms with Crippen molar-refractivity contribution in [1.29, 1.82) is 0 Å². The zero-order chi connectivity index (χ0) is 23.0. The van der Waals surface area contributed by atoms with Crippen LogP contribution in [0.1, 0.15) is 42.4 Å². The molecule has 0 radical (unpaired) electrons. The van der Waals surface area contributed by atoms with E-state index in [4.69, 9.17) is 9.47 Å². The van der Waals surface area contributed by atoms with Gasteiger partial charge >= 0.3 is 0 Å². The first-order chi connectivity index (χ1) is 16.1. The molecule has 1 aromatic carbocycles. The van der Waals surface area contributed by atoms with E-state index in [2.05, 4.69) is 44.8 Å². The van der Waals surface area contributed by atoms with Crippen LogP contribution in [0.2, 0.25) is 0 Å². The Kier molecular flexibility index (Phi) is 7.34. The minimum Gasteiger partial charge on any atom is -0.481 e. The third kappa shape index (κ3) is 6.19. The van der Waals surface area contributed by atoms with Gasteiger partial charge in [-0.2, -0.15) is 0 Å².